The molecule has 3 rings (SSSR count). The zero-order valence-corrected chi connectivity index (χ0v) is 14.5. The van der Waals surface area contributed by atoms with Crippen molar-refractivity contribution < 1.29 is 13.9 Å². The minimum atomic E-state index is -0.704. The monoisotopic (exact) mass is 383 g/mol. The summed E-state index contributed by atoms with van der Waals surface area (Å²) < 4.78 is 20.4. The number of amides is 1. The SMILES string of the molecule is N#Cc1cc(C#N)cc(Oc2c(Cl)ccc(CC3=NCC(=O)NN3)c2F)c1. The second kappa shape index (κ2) is 7.73. The first-order valence-corrected chi connectivity index (χ1v) is 8.06. The Hall–Kier alpha value is -3.62. The van der Waals surface area contributed by atoms with E-state index in [1.54, 1.807) is 0 Å². The highest BCUT2D eigenvalue weighted by Gasteiger charge is 2.18. The van der Waals surface area contributed by atoms with Gasteiger partial charge in [-0.15, -0.1) is 0 Å². The van der Waals surface area contributed by atoms with Gasteiger partial charge in [0.15, 0.2) is 11.6 Å². The fourth-order valence-electron chi connectivity index (χ4n) is 2.38. The molecule has 0 saturated carbocycles. The fourth-order valence-corrected chi connectivity index (χ4v) is 2.56. The number of rotatable bonds is 4. The molecule has 0 aliphatic carbocycles. The van der Waals surface area contributed by atoms with Gasteiger partial charge in [0.25, 0.3) is 5.91 Å². The number of ether oxygens (including phenoxy) is 1. The van der Waals surface area contributed by atoms with Crippen LogP contribution in [0.1, 0.15) is 16.7 Å². The molecule has 1 amide bonds. The molecule has 1 aliphatic heterocycles. The Balaban J connectivity index is 1.92. The minimum absolute atomic E-state index is 0.0314. The van der Waals surface area contributed by atoms with Crippen LogP contribution >= 0.6 is 11.6 Å². The average Bonchev–Trinajstić information content (AvgIpc) is 2.68. The predicted molar refractivity (Wildman–Crippen MR) is 94.6 cm³/mol. The van der Waals surface area contributed by atoms with Crippen molar-refractivity contribution in [2.45, 2.75) is 6.42 Å². The third kappa shape index (κ3) is 4.14. The van der Waals surface area contributed by atoms with Gasteiger partial charge in [0.05, 0.1) is 28.3 Å². The zero-order chi connectivity index (χ0) is 19.4. The minimum Gasteiger partial charge on any atom is -0.453 e. The molecule has 2 aromatic carbocycles. The molecule has 0 unspecified atom stereocenters. The van der Waals surface area contributed by atoms with Crippen molar-refractivity contribution in [1.29, 1.82) is 10.5 Å². The van der Waals surface area contributed by atoms with Gasteiger partial charge in [-0.05, 0) is 29.8 Å². The van der Waals surface area contributed by atoms with Gasteiger partial charge in [-0.1, -0.05) is 17.7 Å². The van der Waals surface area contributed by atoms with E-state index in [9.17, 15) is 9.18 Å². The van der Waals surface area contributed by atoms with Gasteiger partial charge in [-0.25, -0.2) is 4.39 Å². The van der Waals surface area contributed by atoms with E-state index in [1.807, 2.05) is 12.1 Å². The van der Waals surface area contributed by atoms with Crippen molar-refractivity contribution >= 4 is 23.3 Å². The van der Waals surface area contributed by atoms with Gasteiger partial charge < -0.3 is 4.74 Å². The van der Waals surface area contributed by atoms with Gasteiger partial charge in [0.1, 0.15) is 18.1 Å². The topological polar surface area (TPSA) is 110 Å². The molecule has 0 spiro atoms. The summed E-state index contributed by atoms with van der Waals surface area (Å²) in [6.45, 7) is -0.0429. The molecule has 9 heteroatoms. The van der Waals surface area contributed by atoms with Crippen LogP contribution in [0.3, 0.4) is 0 Å². The number of carbonyl (C=O) groups excluding carboxylic acids is 1. The van der Waals surface area contributed by atoms with Gasteiger partial charge in [-0.3, -0.25) is 20.6 Å². The summed E-state index contributed by atoms with van der Waals surface area (Å²) in [5.41, 5.74) is 5.65. The smallest absolute Gasteiger partial charge is 0.260 e. The van der Waals surface area contributed by atoms with E-state index in [1.165, 1.54) is 30.3 Å². The summed E-state index contributed by atoms with van der Waals surface area (Å²) in [5, 5.41) is 18.1. The van der Waals surface area contributed by atoms with E-state index in [0.717, 1.165) is 0 Å². The van der Waals surface area contributed by atoms with Gasteiger partial charge in [-0.2, -0.15) is 10.5 Å². The average molecular weight is 384 g/mol. The normalized spacial score (nSPS) is 12.9. The molecular formula is C18H11ClFN5O2. The van der Waals surface area contributed by atoms with E-state index in [2.05, 4.69) is 15.8 Å². The summed E-state index contributed by atoms with van der Waals surface area (Å²) >= 11 is 6.06. The van der Waals surface area contributed by atoms with Crippen molar-refractivity contribution in [3.05, 3.63) is 57.9 Å². The van der Waals surface area contributed by atoms with Gasteiger partial charge in [0, 0.05) is 6.42 Å². The number of hydrogen-bond donors (Lipinski definition) is 2. The van der Waals surface area contributed by atoms with Crippen molar-refractivity contribution in [2.24, 2.45) is 4.99 Å². The Morgan fingerprint density at radius 2 is 1.89 bits per heavy atom. The number of aliphatic imine (C=N–C) groups is 1. The predicted octanol–water partition coefficient (Wildman–Crippen LogP) is 2.59. The van der Waals surface area contributed by atoms with Crippen LogP contribution in [0.5, 0.6) is 11.5 Å². The molecule has 1 heterocycles. The first-order valence-electron chi connectivity index (χ1n) is 7.68. The Labute approximate surface area is 158 Å². The number of hydrogen-bond acceptors (Lipinski definition) is 6. The molecule has 0 bridgehead atoms. The fraction of sp³-hybridized carbons (Fsp3) is 0.111. The van der Waals surface area contributed by atoms with Crippen molar-refractivity contribution in [1.82, 2.24) is 10.9 Å². The maximum atomic E-state index is 14.9. The number of amidine groups is 1. The Kier molecular flexibility index (Phi) is 5.20. The zero-order valence-electron chi connectivity index (χ0n) is 13.7. The Morgan fingerprint density at radius 3 is 2.48 bits per heavy atom. The van der Waals surface area contributed by atoms with Crippen molar-refractivity contribution in [2.75, 3.05) is 6.54 Å². The van der Waals surface area contributed by atoms with E-state index >= 15 is 0 Å². The summed E-state index contributed by atoms with van der Waals surface area (Å²) in [6.07, 6.45) is 0.0846. The highest BCUT2D eigenvalue weighted by atomic mass is 35.5. The number of carbonyl (C=O) groups is 1. The van der Waals surface area contributed by atoms with E-state index < -0.39 is 5.82 Å². The van der Waals surface area contributed by atoms with Crippen LogP contribution in [0.2, 0.25) is 5.02 Å². The molecule has 27 heavy (non-hydrogen) atoms. The molecule has 0 radical (unpaired) electrons. The van der Waals surface area contributed by atoms with Crippen LogP contribution in [0.25, 0.3) is 0 Å². The van der Waals surface area contributed by atoms with Crippen LogP contribution < -0.4 is 15.6 Å². The number of nitrogens with one attached hydrogen (secondary N) is 2. The Bertz CT molecular complexity index is 1010. The van der Waals surface area contributed by atoms with Crippen LogP contribution in [0.15, 0.2) is 35.3 Å². The lowest BCUT2D eigenvalue weighted by Crippen LogP contribution is -2.47. The van der Waals surface area contributed by atoms with Crippen LogP contribution in [-0.2, 0) is 11.2 Å². The summed E-state index contributed by atoms with van der Waals surface area (Å²) in [4.78, 5) is 15.1. The summed E-state index contributed by atoms with van der Waals surface area (Å²) in [7, 11) is 0. The molecule has 0 atom stereocenters. The Morgan fingerprint density at radius 1 is 1.19 bits per heavy atom. The molecule has 2 N–H and O–H groups in total. The largest absolute Gasteiger partial charge is 0.453 e. The molecule has 0 aromatic heterocycles. The molecule has 1 aliphatic rings. The standard InChI is InChI=1S/C18H11ClFN5O2/c19-14-2-1-12(6-15-23-9-16(26)25-24-15)17(20)18(14)27-13-4-10(7-21)3-11(5-13)8-22/h1-5H,6,9H2,(H,23,24)(H,25,26). The van der Waals surface area contributed by atoms with Crippen molar-refractivity contribution in [3.8, 4) is 23.6 Å². The highest BCUT2D eigenvalue weighted by molar-refractivity contribution is 6.32. The highest BCUT2D eigenvalue weighted by Crippen LogP contribution is 2.34. The first-order chi connectivity index (χ1) is 13.0. The number of halogens is 2. The lowest BCUT2D eigenvalue weighted by molar-refractivity contribution is -0.120. The van der Waals surface area contributed by atoms with Crippen molar-refractivity contribution in [3.63, 3.8) is 0 Å². The van der Waals surface area contributed by atoms with Gasteiger partial charge >= 0.3 is 0 Å². The third-order valence-electron chi connectivity index (χ3n) is 3.63. The van der Waals surface area contributed by atoms with E-state index in [0.29, 0.717) is 5.84 Å². The third-order valence-corrected chi connectivity index (χ3v) is 3.93. The molecule has 2 aromatic rings. The molecular weight excluding hydrogens is 373 g/mol. The maximum absolute atomic E-state index is 14.9. The maximum Gasteiger partial charge on any atom is 0.260 e. The van der Waals surface area contributed by atoms with Crippen LogP contribution in [-0.4, -0.2) is 18.3 Å². The lowest BCUT2D eigenvalue weighted by atomic mass is 10.1. The first kappa shape index (κ1) is 18.2. The molecule has 0 fully saturated rings. The lowest BCUT2D eigenvalue weighted by Gasteiger charge is -2.17. The second-order valence-corrected chi connectivity index (χ2v) is 5.94. The number of hydrazine groups is 1. The molecule has 0 saturated heterocycles. The molecule has 7 nitrogen and oxygen atoms in total. The van der Waals surface area contributed by atoms with Crippen LogP contribution in [0.4, 0.5) is 4.39 Å². The number of nitriles is 2. The van der Waals surface area contributed by atoms with Crippen LogP contribution in [0, 0.1) is 28.5 Å². The number of nitrogens with zero attached hydrogens (tertiary/aromatic N) is 3. The quantitative estimate of drug-likeness (QED) is 0.843. The summed E-state index contributed by atoms with van der Waals surface area (Å²) in [5.74, 6) is -0.715. The van der Waals surface area contributed by atoms with E-state index in [4.69, 9.17) is 26.9 Å². The second-order valence-electron chi connectivity index (χ2n) is 5.53. The van der Waals surface area contributed by atoms with Gasteiger partial charge in [0.2, 0.25) is 0 Å². The summed E-state index contributed by atoms with van der Waals surface area (Å²) in [6, 6.07) is 10.9. The molecule has 134 valence electrons. The number of benzene rings is 2. The van der Waals surface area contributed by atoms with E-state index in [-0.39, 0.29) is 52.1 Å².